The molecule has 6 heteroatoms. The average Bonchev–Trinajstić information content (AvgIpc) is 2.74. The molecule has 0 amide bonds. The average molecular weight is 334 g/mol. The quantitative estimate of drug-likeness (QED) is 0.640. The van der Waals surface area contributed by atoms with Crippen molar-refractivity contribution in [1.29, 1.82) is 0 Å². The maximum absolute atomic E-state index is 8.58. The normalized spacial score (nSPS) is 11.2. The van der Waals surface area contributed by atoms with Crippen molar-refractivity contribution in [3.8, 4) is 0 Å². The second kappa shape index (κ2) is 9.47. The van der Waals surface area contributed by atoms with Crippen molar-refractivity contribution in [2.45, 2.75) is 39.8 Å². The maximum atomic E-state index is 8.58. The van der Waals surface area contributed by atoms with Crippen LogP contribution in [0.2, 0.25) is 0 Å². The van der Waals surface area contributed by atoms with Gasteiger partial charge in [-0.25, -0.2) is 0 Å². The monoisotopic (exact) mass is 333 g/mol. The molecule has 0 spiro atoms. The lowest BCUT2D eigenvalue weighted by Crippen LogP contribution is -2.19. The summed E-state index contributed by atoms with van der Waals surface area (Å²) < 4.78 is 8.37. The Labute approximate surface area is 123 Å². The first-order valence-electron chi connectivity index (χ1n) is 6.87. The van der Waals surface area contributed by atoms with Crippen LogP contribution in [-0.2, 0) is 24.2 Å². The molecule has 0 aliphatic heterocycles. The van der Waals surface area contributed by atoms with E-state index in [9.17, 15) is 0 Å². The van der Waals surface area contributed by atoms with Gasteiger partial charge < -0.3 is 15.2 Å². The van der Waals surface area contributed by atoms with Crippen LogP contribution >= 0.6 is 15.9 Å². The molecule has 0 radical (unpaired) electrons. The third-order valence-electron chi connectivity index (χ3n) is 2.86. The van der Waals surface area contributed by atoms with Gasteiger partial charge in [-0.3, -0.25) is 4.68 Å². The number of aromatic nitrogens is 2. The number of nitrogens with one attached hydrogen (secondary N) is 1. The Morgan fingerprint density at radius 1 is 1.37 bits per heavy atom. The van der Waals surface area contributed by atoms with E-state index < -0.39 is 0 Å². The van der Waals surface area contributed by atoms with Crippen molar-refractivity contribution in [3.63, 3.8) is 0 Å². The number of aliphatic hydroxyl groups excluding tert-OH is 1. The molecule has 1 aromatic rings. The van der Waals surface area contributed by atoms with Crippen LogP contribution in [0.4, 0.5) is 0 Å². The molecular formula is C13H24BrN3O2. The Hall–Kier alpha value is -0.430. The summed E-state index contributed by atoms with van der Waals surface area (Å²) in [6.45, 7) is 8.00. The molecule has 0 saturated heterocycles. The number of aryl methyl sites for hydroxylation is 2. The van der Waals surface area contributed by atoms with Crippen molar-refractivity contribution in [2.24, 2.45) is 0 Å². The number of hydrogen-bond acceptors (Lipinski definition) is 4. The standard InChI is InChI=1S/C13H24BrN3O2/c1-3-11-13(14)12(17(4-2)16-11)10-15-6-5-8-19-9-7-18/h15,18H,3-10H2,1-2H3. The summed E-state index contributed by atoms with van der Waals surface area (Å²) in [6.07, 6.45) is 1.88. The summed E-state index contributed by atoms with van der Waals surface area (Å²) in [4.78, 5) is 0. The topological polar surface area (TPSA) is 59.3 Å². The Bertz CT molecular complexity index is 369. The smallest absolute Gasteiger partial charge is 0.0767 e. The zero-order chi connectivity index (χ0) is 14.1. The summed E-state index contributed by atoms with van der Waals surface area (Å²) >= 11 is 3.63. The molecule has 0 fully saturated rings. The summed E-state index contributed by atoms with van der Waals surface area (Å²) in [6, 6.07) is 0. The second-order valence-electron chi connectivity index (χ2n) is 4.24. The Balaban J connectivity index is 2.34. The van der Waals surface area contributed by atoms with Crippen molar-refractivity contribution in [2.75, 3.05) is 26.4 Å². The molecule has 0 saturated carbocycles. The van der Waals surface area contributed by atoms with Crippen LogP contribution in [-0.4, -0.2) is 41.3 Å². The van der Waals surface area contributed by atoms with Crippen LogP contribution in [0.1, 0.15) is 31.7 Å². The van der Waals surface area contributed by atoms with E-state index in [-0.39, 0.29) is 6.61 Å². The molecule has 19 heavy (non-hydrogen) atoms. The van der Waals surface area contributed by atoms with E-state index >= 15 is 0 Å². The van der Waals surface area contributed by atoms with Gasteiger partial charge in [0.25, 0.3) is 0 Å². The fourth-order valence-electron chi connectivity index (χ4n) is 1.86. The van der Waals surface area contributed by atoms with Crippen molar-refractivity contribution in [3.05, 3.63) is 15.9 Å². The van der Waals surface area contributed by atoms with Gasteiger partial charge in [-0.15, -0.1) is 0 Å². The molecule has 0 aromatic carbocycles. The highest BCUT2D eigenvalue weighted by Gasteiger charge is 2.12. The van der Waals surface area contributed by atoms with E-state index in [1.807, 2.05) is 4.68 Å². The number of halogens is 1. The molecule has 5 nitrogen and oxygen atoms in total. The van der Waals surface area contributed by atoms with Crippen LogP contribution in [0.25, 0.3) is 0 Å². The van der Waals surface area contributed by atoms with Crippen molar-refractivity contribution in [1.82, 2.24) is 15.1 Å². The number of rotatable bonds is 10. The zero-order valence-corrected chi connectivity index (χ0v) is 13.4. The first-order valence-corrected chi connectivity index (χ1v) is 7.67. The second-order valence-corrected chi connectivity index (χ2v) is 5.04. The third-order valence-corrected chi connectivity index (χ3v) is 3.78. The van der Waals surface area contributed by atoms with Gasteiger partial charge in [0.1, 0.15) is 0 Å². The minimum atomic E-state index is 0.0931. The van der Waals surface area contributed by atoms with Crippen LogP contribution in [0.5, 0.6) is 0 Å². The first kappa shape index (κ1) is 16.6. The van der Waals surface area contributed by atoms with Gasteiger partial charge in [0, 0.05) is 19.7 Å². The summed E-state index contributed by atoms with van der Waals surface area (Å²) in [5, 5.41) is 16.5. The molecule has 1 heterocycles. The Kier molecular flexibility index (Phi) is 8.29. The van der Waals surface area contributed by atoms with Crippen molar-refractivity contribution < 1.29 is 9.84 Å². The fourth-order valence-corrected chi connectivity index (χ4v) is 2.56. The summed E-state index contributed by atoms with van der Waals surface area (Å²) in [5.74, 6) is 0. The fraction of sp³-hybridized carbons (Fsp3) is 0.769. The molecule has 0 atom stereocenters. The van der Waals surface area contributed by atoms with E-state index in [2.05, 4.69) is 40.2 Å². The Morgan fingerprint density at radius 2 is 2.16 bits per heavy atom. The van der Waals surface area contributed by atoms with E-state index in [0.29, 0.717) is 13.2 Å². The lowest BCUT2D eigenvalue weighted by molar-refractivity contribution is 0.0907. The third kappa shape index (κ3) is 5.22. The highest BCUT2D eigenvalue weighted by atomic mass is 79.9. The van der Waals surface area contributed by atoms with Crippen LogP contribution in [0.15, 0.2) is 4.47 Å². The molecule has 0 unspecified atom stereocenters. The van der Waals surface area contributed by atoms with Crippen LogP contribution in [0, 0.1) is 0 Å². The van der Waals surface area contributed by atoms with E-state index in [0.717, 1.165) is 42.6 Å². The predicted octanol–water partition coefficient (Wildman–Crippen LogP) is 1.72. The highest BCUT2D eigenvalue weighted by molar-refractivity contribution is 9.10. The zero-order valence-electron chi connectivity index (χ0n) is 11.8. The van der Waals surface area contributed by atoms with Crippen molar-refractivity contribution >= 4 is 15.9 Å². The number of aliphatic hydroxyl groups is 1. The van der Waals surface area contributed by atoms with Gasteiger partial charge in [0.05, 0.1) is 29.1 Å². The molecular weight excluding hydrogens is 310 g/mol. The molecule has 0 aliphatic rings. The van der Waals surface area contributed by atoms with Gasteiger partial charge >= 0.3 is 0 Å². The van der Waals surface area contributed by atoms with Gasteiger partial charge in [-0.05, 0) is 42.2 Å². The number of hydrogen-bond donors (Lipinski definition) is 2. The van der Waals surface area contributed by atoms with Gasteiger partial charge in [0.2, 0.25) is 0 Å². The molecule has 110 valence electrons. The van der Waals surface area contributed by atoms with E-state index in [1.165, 1.54) is 5.69 Å². The largest absolute Gasteiger partial charge is 0.394 e. The van der Waals surface area contributed by atoms with Gasteiger partial charge in [-0.1, -0.05) is 6.92 Å². The molecule has 1 aromatic heterocycles. The molecule has 1 rings (SSSR count). The first-order chi connectivity index (χ1) is 9.24. The molecule has 0 bridgehead atoms. The molecule has 0 aliphatic carbocycles. The Morgan fingerprint density at radius 3 is 2.79 bits per heavy atom. The minimum Gasteiger partial charge on any atom is -0.394 e. The lowest BCUT2D eigenvalue weighted by atomic mass is 10.3. The lowest BCUT2D eigenvalue weighted by Gasteiger charge is -2.07. The SMILES string of the molecule is CCc1nn(CC)c(CNCCCOCCO)c1Br. The minimum absolute atomic E-state index is 0.0931. The van der Waals surface area contributed by atoms with Gasteiger partial charge in [0.15, 0.2) is 0 Å². The van der Waals surface area contributed by atoms with Crippen LogP contribution in [0.3, 0.4) is 0 Å². The summed E-state index contributed by atoms with van der Waals surface area (Å²) in [7, 11) is 0. The maximum Gasteiger partial charge on any atom is 0.0767 e. The number of nitrogens with zero attached hydrogens (tertiary/aromatic N) is 2. The van der Waals surface area contributed by atoms with Crippen LogP contribution < -0.4 is 5.32 Å². The molecule has 2 N–H and O–H groups in total. The number of ether oxygens (including phenoxy) is 1. The highest BCUT2D eigenvalue weighted by Crippen LogP contribution is 2.22. The van der Waals surface area contributed by atoms with E-state index in [4.69, 9.17) is 9.84 Å². The van der Waals surface area contributed by atoms with Gasteiger partial charge in [-0.2, -0.15) is 5.10 Å². The summed E-state index contributed by atoms with van der Waals surface area (Å²) in [5.41, 5.74) is 2.32. The van der Waals surface area contributed by atoms with E-state index in [1.54, 1.807) is 0 Å². The predicted molar refractivity (Wildman–Crippen MR) is 79.2 cm³/mol.